The molecule has 0 saturated heterocycles. The van der Waals surface area contributed by atoms with Gasteiger partial charge in [-0.15, -0.1) is 0 Å². The van der Waals surface area contributed by atoms with Crippen LogP contribution in [0, 0.1) is 11.6 Å². The summed E-state index contributed by atoms with van der Waals surface area (Å²) in [5, 5.41) is 2.62. The van der Waals surface area contributed by atoms with Crippen molar-refractivity contribution in [2.75, 3.05) is 19.5 Å². The van der Waals surface area contributed by atoms with E-state index < -0.39 is 29.9 Å². The molecule has 0 aliphatic heterocycles. The van der Waals surface area contributed by atoms with Crippen LogP contribution < -0.4 is 24.3 Å². The van der Waals surface area contributed by atoms with E-state index in [4.69, 9.17) is 14.2 Å². The van der Waals surface area contributed by atoms with Crippen molar-refractivity contribution in [1.29, 1.82) is 0 Å². The van der Waals surface area contributed by atoms with E-state index in [0.717, 1.165) is 12.1 Å². The van der Waals surface area contributed by atoms with Crippen LogP contribution in [0.5, 0.6) is 28.9 Å². The standard InChI is InChI=1S/C24H17F4N3O5/c1-33-19-5-6-29-11-15(19)23(32)30-12-7-16(25)22(17(26)8-12)36-20-10-21(34-2)31-18-9-13(35-24(27)28)3-4-14(18)20/h3-11,24H,1-2H3,(H,30,32). The molecule has 0 spiro atoms. The Balaban J connectivity index is 1.64. The number of fused-ring (bicyclic) bond motifs is 1. The third kappa shape index (κ3) is 5.22. The molecule has 2 heterocycles. The van der Waals surface area contributed by atoms with Crippen molar-refractivity contribution in [2.24, 2.45) is 0 Å². The van der Waals surface area contributed by atoms with Gasteiger partial charge in [0.1, 0.15) is 17.2 Å². The van der Waals surface area contributed by atoms with Gasteiger partial charge in [0, 0.05) is 47.7 Å². The maximum atomic E-state index is 14.9. The summed E-state index contributed by atoms with van der Waals surface area (Å²) in [6, 6.07) is 8.26. The van der Waals surface area contributed by atoms with Gasteiger partial charge in [0.15, 0.2) is 17.4 Å². The monoisotopic (exact) mass is 503 g/mol. The fraction of sp³-hybridized carbons (Fsp3) is 0.125. The van der Waals surface area contributed by atoms with Gasteiger partial charge in [-0.05, 0) is 18.2 Å². The predicted molar refractivity (Wildman–Crippen MR) is 120 cm³/mol. The summed E-state index contributed by atoms with van der Waals surface area (Å²) in [5.74, 6) is -3.71. The molecular formula is C24H17F4N3O5. The van der Waals surface area contributed by atoms with Crippen molar-refractivity contribution in [3.63, 3.8) is 0 Å². The van der Waals surface area contributed by atoms with Gasteiger partial charge >= 0.3 is 6.61 Å². The van der Waals surface area contributed by atoms with Gasteiger partial charge < -0.3 is 24.3 Å². The lowest BCUT2D eigenvalue weighted by atomic mass is 10.2. The Hall–Kier alpha value is -4.61. The molecule has 8 nitrogen and oxygen atoms in total. The summed E-state index contributed by atoms with van der Waals surface area (Å²) in [4.78, 5) is 20.5. The van der Waals surface area contributed by atoms with E-state index in [9.17, 15) is 22.4 Å². The third-order valence-corrected chi connectivity index (χ3v) is 4.87. The number of nitrogens with one attached hydrogen (secondary N) is 1. The molecule has 4 aromatic rings. The highest BCUT2D eigenvalue weighted by Gasteiger charge is 2.19. The van der Waals surface area contributed by atoms with Gasteiger partial charge in [-0.25, -0.2) is 13.8 Å². The Bertz CT molecular complexity index is 1410. The molecule has 0 radical (unpaired) electrons. The summed E-state index contributed by atoms with van der Waals surface area (Å²) in [6.07, 6.45) is 2.67. The number of carbonyl (C=O) groups excluding carboxylic acids is 1. The number of hydrogen-bond donors (Lipinski definition) is 1. The fourth-order valence-electron chi connectivity index (χ4n) is 3.29. The van der Waals surface area contributed by atoms with Crippen LogP contribution in [0.15, 0.2) is 54.9 Å². The maximum absolute atomic E-state index is 14.9. The number of amides is 1. The maximum Gasteiger partial charge on any atom is 0.387 e. The lowest BCUT2D eigenvalue weighted by molar-refractivity contribution is -0.0497. The number of benzene rings is 2. The van der Waals surface area contributed by atoms with Crippen LogP contribution in [0.4, 0.5) is 23.2 Å². The molecule has 0 aliphatic carbocycles. The van der Waals surface area contributed by atoms with Crippen molar-refractivity contribution < 1.29 is 41.3 Å². The second-order valence-electron chi connectivity index (χ2n) is 7.12. The van der Waals surface area contributed by atoms with Crippen molar-refractivity contribution in [1.82, 2.24) is 9.97 Å². The fourth-order valence-corrected chi connectivity index (χ4v) is 3.29. The van der Waals surface area contributed by atoms with Gasteiger partial charge in [-0.2, -0.15) is 8.78 Å². The zero-order valence-electron chi connectivity index (χ0n) is 18.7. The summed E-state index contributed by atoms with van der Waals surface area (Å²) >= 11 is 0. The van der Waals surface area contributed by atoms with Crippen molar-refractivity contribution in [3.05, 3.63) is 72.1 Å². The number of pyridine rings is 2. The van der Waals surface area contributed by atoms with Crippen LogP contribution in [0.3, 0.4) is 0 Å². The number of halogens is 4. The lowest BCUT2D eigenvalue weighted by Gasteiger charge is -2.14. The smallest absolute Gasteiger partial charge is 0.387 e. The van der Waals surface area contributed by atoms with Gasteiger partial charge in [-0.1, -0.05) is 0 Å². The van der Waals surface area contributed by atoms with Gasteiger partial charge in [0.25, 0.3) is 5.91 Å². The first-order valence-electron chi connectivity index (χ1n) is 10.2. The van der Waals surface area contributed by atoms with Crippen LogP contribution in [0.1, 0.15) is 10.4 Å². The second-order valence-corrected chi connectivity index (χ2v) is 7.12. The molecule has 36 heavy (non-hydrogen) atoms. The van der Waals surface area contributed by atoms with E-state index in [1.54, 1.807) is 0 Å². The highest BCUT2D eigenvalue weighted by Crippen LogP contribution is 2.37. The molecule has 0 aliphatic rings. The molecule has 0 saturated carbocycles. The molecule has 2 aromatic heterocycles. The molecule has 186 valence electrons. The summed E-state index contributed by atoms with van der Waals surface area (Å²) in [6.45, 7) is -3.05. The Labute approximate surface area is 201 Å². The van der Waals surface area contributed by atoms with Crippen molar-refractivity contribution in [3.8, 4) is 28.9 Å². The van der Waals surface area contributed by atoms with Crippen molar-refractivity contribution >= 4 is 22.5 Å². The van der Waals surface area contributed by atoms with Crippen LogP contribution >= 0.6 is 0 Å². The molecule has 0 bridgehead atoms. The second kappa shape index (κ2) is 10.3. The minimum atomic E-state index is -3.05. The molecule has 1 N–H and O–H groups in total. The number of ether oxygens (including phenoxy) is 4. The van der Waals surface area contributed by atoms with Gasteiger partial charge in [-0.3, -0.25) is 9.78 Å². The first-order valence-corrected chi connectivity index (χ1v) is 10.2. The predicted octanol–water partition coefficient (Wildman–Crippen LogP) is 5.57. The average molecular weight is 503 g/mol. The quantitative estimate of drug-likeness (QED) is 0.314. The molecule has 0 fully saturated rings. The van der Waals surface area contributed by atoms with Crippen LogP contribution in [-0.4, -0.2) is 36.7 Å². The average Bonchev–Trinajstić information content (AvgIpc) is 2.85. The Morgan fingerprint density at radius 1 is 0.972 bits per heavy atom. The Morgan fingerprint density at radius 2 is 1.72 bits per heavy atom. The summed E-state index contributed by atoms with van der Waals surface area (Å²) in [7, 11) is 2.66. The number of aromatic nitrogens is 2. The number of alkyl halides is 2. The lowest BCUT2D eigenvalue weighted by Crippen LogP contribution is -2.14. The summed E-state index contributed by atoms with van der Waals surface area (Å²) < 4.78 is 74.9. The first-order chi connectivity index (χ1) is 17.3. The summed E-state index contributed by atoms with van der Waals surface area (Å²) in [5.41, 5.74) is 0.00325. The van der Waals surface area contributed by atoms with E-state index in [0.29, 0.717) is 0 Å². The highest BCUT2D eigenvalue weighted by atomic mass is 19.3. The molecule has 12 heteroatoms. The van der Waals surface area contributed by atoms with Gasteiger partial charge in [0.2, 0.25) is 5.88 Å². The SMILES string of the molecule is COc1cc(Oc2c(F)cc(NC(=O)c3cnccc3OC)cc2F)c2ccc(OC(F)F)cc2n1. The third-order valence-electron chi connectivity index (χ3n) is 4.87. The number of rotatable bonds is 8. The highest BCUT2D eigenvalue weighted by molar-refractivity contribution is 6.06. The van der Waals surface area contributed by atoms with E-state index in [1.807, 2.05) is 0 Å². The molecule has 2 aromatic carbocycles. The number of methoxy groups -OCH3 is 2. The number of carbonyl (C=O) groups is 1. The van der Waals surface area contributed by atoms with Crippen LogP contribution in [-0.2, 0) is 0 Å². The van der Waals surface area contributed by atoms with E-state index in [1.165, 1.54) is 56.9 Å². The molecule has 1 amide bonds. The van der Waals surface area contributed by atoms with E-state index >= 15 is 0 Å². The largest absolute Gasteiger partial charge is 0.496 e. The molecule has 0 atom stereocenters. The Morgan fingerprint density at radius 3 is 2.39 bits per heavy atom. The minimum absolute atomic E-state index is 0.00168. The number of anilines is 1. The Kier molecular flexibility index (Phi) is 7.04. The first kappa shape index (κ1) is 24.5. The topological polar surface area (TPSA) is 91.8 Å². The van der Waals surface area contributed by atoms with Gasteiger partial charge in [0.05, 0.1) is 25.3 Å². The van der Waals surface area contributed by atoms with E-state index in [2.05, 4.69) is 20.0 Å². The molecular weight excluding hydrogens is 486 g/mol. The van der Waals surface area contributed by atoms with Crippen LogP contribution in [0.2, 0.25) is 0 Å². The van der Waals surface area contributed by atoms with Crippen LogP contribution in [0.25, 0.3) is 10.9 Å². The van der Waals surface area contributed by atoms with E-state index in [-0.39, 0.29) is 45.3 Å². The number of nitrogens with zero attached hydrogens (tertiary/aromatic N) is 2. The molecule has 4 rings (SSSR count). The minimum Gasteiger partial charge on any atom is -0.496 e. The zero-order valence-corrected chi connectivity index (χ0v) is 18.7. The molecule has 0 unspecified atom stereocenters. The number of hydrogen-bond acceptors (Lipinski definition) is 7. The van der Waals surface area contributed by atoms with Crippen molar-refractivity contribution in [2.45, 2.75) is 6.61 Å². The normalized spacial score (nSPS) is 10.9. The zero-order chi connectivity index (χ0) is 25.8.